The molecule has 0 fully saturated rings. The molecule has 0 aromatic heterocycles. The number of hydrogen-bond acceptors (Lipinski definition) is 2. The molecule has 2 atom stereocenters. The Labute approximate surface area is 108 Å². The Morgan fingerprint density at radius 3 is 2.18 bits per heavy atom. The van der Waals surface area contributed by atoms with Crippen LogP contribution in [0.2, 0.25) is 0 Å². The van der Waals surface area contributed by atoms with E-state index < -0.39 is 10.8 Å². The van der Waals surface area contributed by atoms with Crippen molar-refractivity contribution < 1.29 is 9.00 Å². The van der Waals surface area contributed by atoms with Gasteiger partial charge in [0.2, 0.25) is 0 Å². The molecular weight excluding hydrogens is 232 g/mol. The number of carbonyl (C=O) groups excluding carboxylic acids is 1. The largest absolute Gasteiger partial charge is 0.299 e. The third-order valence-corrected chi connectivity index (χ3v) is 3.95. The Bertz CT molecular complexity index is 322. The van der Waals surface area contributed by atoms with Gasteiger partial charge in [-0.3, -0.25) is 9.00 Å². The van der Waals surface area contributed by atoms with Gasteiger partial charge in [0.25, 0.3) is 0 Å². The SMILES string of the molecule is CC(=O)C(CC=C(C)CCC=C(C)C)S(C)=O. The van der Waals surface area contributed by atoms with Crippen LogP contribution in [-0.4, -0.2) is 21.5 Å². The van der Waals surface area contributed by atoms with Crippen molar-refractivity contribution in [3.63, 3.8) is 0 Å². The Balaban J connectivity index is 4.25. The fraction of sp³-hybridized carbons (Fsp3) is 0.643. The Morgan fingerprint density at radius 1 is 1.18 bits per heavy atom. The van der Waals surface area contributed by atoms with Crippen molar-refractivity contribution in [3.05, 3.63) is 23.3 Å². The molecule has 0 bridgehead atoms. The molecular formula is C14H24O2S. The molecule has 2 nitrogen and oxygen atoms in total. The Kier molecular flexibility index (Phi) is 8.05. The lowest BCUT2D eigenvalue weighted by Gasteiger charge is -2.08. The summed E-state index contributed by atoms with van der Waals surface area (Å²) in [6.45, 7) is 7.75. The van der Waals surface area contributed by atoms with Gasteiger partial charge in [0.05, 0.1) is 5.25 Å². The third kappa shape index (κ3) is 8.08. The summed E-state index contributed by atoms with van der Waals surface area (Å²) < 4.78 is 11.4. The minimum Gasteiger partial charge on any atom is -0.299 e. The van der Waals surface area contributed by atoms with E-state index in [1.54, 1.807) is 6.26 Å². The number of Topliss-reactive ketones (excluding diaryl/α,β-unsaturated/α-hetero) is 1. The van der Waals surface area contributed by atoms with Gasteiger partial charge < -0.3 is 0 Å². The number of allylic oxidation sites excluding steroid dienone is 4. The molecule has 3 heteroatoms. The fourth-order valence-corrected chi connectivity index (χ4v) is 2.37. The second-order valence-corrected chi connectivity index (χ2v) is 6.27. The smallest absolute Gasteiger partial charge is 0.145 e. The summed E-state index contributed by atoms with van der Waals surface area (Å²) in [5, 5.41) is -0.339. The van der Waals surface area contributed by atoms with Crippen LogP contribution in [0.3, 0.4) is 0 Å². The first-order valence-corrected chi connectivity index (χ1v) is 7.58. The average Bonchev–Trinajstić information content (AvgIpc) is 2.15. The van der Waals surface area contributed by atoms with Crippen molar-refractivity contribution in [2.45, 2.75) is 52.2 Å². The highest BCUT2D eigenvalue weighted by molar-refractivity contribution is 7.85. The van der Waals surface area contributed by atoms with E-state index in [4.69, 9.17) is 0 Å². The molecule has 0 aliphatic heterocycles. The van der Waals surface area contributed by atoms with Gasteiger partial charge in [0.1, 0.15) is 5.78 Å². The molecule has 0 rings (SSSR count). The number of carbonyl (C=O) groups is 1. The second-order valence-electron chi connectivity index (χ2n) is 4.70. The zero-order valence-corrected chi connectivity index (χ0v) is 12.4. The highest BCUT2D eigenvalue weighted by Gasteiger charge is 2.16. The zero-order valence-electron chi connectivity index (χ0n) is 11.6. The fourth-order valence-electron chi connectivity index (χ4n) is 1.53. The van der Waals surface area contributed by atoms with E-state index in [2.05, 4.69) is 26.8 Å². The van der Waals surface area contributed by atoms with Crippen LogP contribution >= 0.6 is 0 Å². The van der Waals surface area contributed by atoms with E-state index in [1.807, 2.05) is 6.08 Å². The molecule has 98 valence electrons. The number of ketones is 1. The molecule has 2 unspecified atom stereocenters. The summed E-state index contributed by atoms with van der Waals surface area (Å²) in [4.78, 5) is 11.3. The van der Waals surface area contributed by atoms with Crippen LogP contribution in [0, 0.1) is 0 Å². The van der Waals surface area contributed by atoms with Crippen LogP contribution in [0.4, 0.5) is 0 Å². The molecule has 0 aliphatic carbocycles. The lowest BCUT2D eigenvalue weighted by atomic mass is 10.1. The zero-order chi connectivity index (χ0) is 13.4. The molecule has 0 aliphatic rings. The van der Waals surface area contributed by atoms with Crippen LogP contribution < -0.4 is 0 Å². The van der Waals surface area contributed by atoms with Crippen molar-refractivity contribution in [1.29, 1.82) is 0 Å². The summed E-state index contributed by atoms with van der Waals surface area (Å²) in [5.74, 6) is 0.0131. The normalized spacial score (nSPS) is 15.2. The summed E-state index contributed by atoms with van der Waals surface area (Å²) in [6, 6.07) is 0. The van der Waals surface area contributed by atoms with E-state index in [0.717, 1.165) is 12.8 Å². The molecule has 0 saturated carbocycles. The highest BCUT2D eigenvalue weighted by Crippen LogP contribution is 2.11. The maximum Gasteiger partial charge on any atom is 0.145 e. The van der Waals surface area contributed by atoms with Crippen molar-refractivity contribution >= 4 is 16.6 Å². The van der Waals surface area contributed by atoms with Crippen LogP contribution in [0.25, 0.3) is 0 Å². The first-order chi connectivity index (χ1) is 7.84. The van der Waals surface area contributed by atoms with Crippen LogP contribution in [0.1, 0.15) is 47.0 Å². The summed E-state index contributed by atoms with van der Waals surface area (Å²) >= 11 is 0. The topological polar surface area (TPSA) is 34.1 Å². The lowest BCUT2D eigenvalue weighted by molar-refractivity contribution is -0.116. The van der Waals surface area contributed by atoms with Gasteiger partial charge in [-0.1, -0.05) is 23.3 Å². The molecule has 0 radical (unpaired) electrons. The van der Waals surface area contributed by atoms with Crippen molar-refractivity contribution in [1.82, 2.24) is 0 Å². The summed E-state index contributed by atoms with van der Waals surface area (Å²) in [7, 11) is -1.07. The van der Waals surface area contributed by atoms with Gasteiger partial charge in [0.15, 0.2) is 0 Å². The molecule has 0 aromatic rings. The Hall–Kier alpha value is -0.700. The first-order valence-electron chi connectivity index (χ1n) is 5.96. The van der Waals surface area contributed by atoms with Gasteiger partial charge in [0, 0.05) is 17.1 Å². The molecule has 0 heterocycles. The molecule has 0 spiro atoms. The maximum atomic E-state index is 11.4. The van der Waals surface area contributed by atoms with Gasteiger partial charge in [-0.25, -0.2) is 0 Å². The molecule has 0 aromatic carbocycles. The highest BCUT2D eigenvalue weighted by atomic mass is 32.2. The average molecular weight is 256 g/mol. The molecule has 0 amide bonds. The first kappa shape index (κ1) is 16.3. The molecule has 0 saturated heterocycles. The van der Waals surface area contributed by atoms with Crippen molar-refractivity contribution in [3.8, 4) is 0 Å². The lowest BCUT2D eigenvalue weighted by Crippen LogP contribution is -2.22. The Morgan fingerprint density at radius 2 is 1.76 bits per heavy atom. The van der Waals surface area contributed by atoms with Crippen molar-refractivity contribution in [2.75, 3.05) is 6.26 Å². The monoisotopic (exact) mass is 256 g/mol. The van der Waals surface area contributed by atoms with E-state index >= 15 is 0 Å². The summed E-state index contributed by atoms with van der Waals surface area (Å²) in [6.07, 6.45) is 8.48. The van der Waals surface area contributed by atoms with E-state index in [1.165, 1.54) is 18.1 Å². The van der Waals surface area contributed by atoms with Crippen molar-refractivity contribution in [2.24, 2.45) is 0 Å². The predicted octanol–water partition coefficient (Wildman–Crippen LogP) is 3.41. The van der Waals surface area contributed by atoms with E-state index in [0.29, 0.717) is 6.42 Å². The number of hydrogen-bond donors (Lipinski definition) is 0. The minimum absolute atomic E-state index is 0.0131. The van der Waals surface area contributed by atoms with Crippen LogP contribution in [-0.2, 0) is 15.6 Å². The summed E-state index contributed by atoms with van der Waals surface area (Å²) in [5.41, 5.74) is 2.59. The predicted molar refractivity (Wildman–Crippen MR) is 75.6 cm³/mol. The number of rotatable bonds is 7. The van der Waals surface area contributed by atoms with Gasteiger partial charge in [-0.05, 0) is 47.0 Å². The third-order valence-electron chi connectivity index (χ3n) is 2.63. The van der Waals surface area contributed by atoms with Gasteiger partial charge in [-0.2, -0.15) is 0 Å². The van der Waals surface area contributed by atoms with E-state index in [9.17, 15) is 9.00 Å². The quantitative estimate of drug-likeness (QED) is 0.654. The maximum absolute atomic E-state index is 11.4. The van der Waals surface area contributed by atoms with Gasteiger partial charge >= 0.3 is 0 Å². The van der Waals surface area contributed by atoms with Crippen LogP contribution in [0.5, 0.6) is 0 Å². The molecule has 0 N–H and O–H groups in total. The van der Waals surface area contributed by atoms with E-state index in [-0.39, 0.29) is 11.0 Å². The minimum atomic E-state index is -1.07. The standard InChI is InChI=1S/C14H24O2S/c1-11(2)7-6-8-12(3)9-10-14(13(4)15)17(5)16/h7,9,14H,6,8,10H2,1-5H3. The molecule has 17 heavy (non-hydrogen) atoms. The second kappa shape index (κ2) is 8.40. The van der Waals surface area contributed by atoms with Crippen LogP contribution in [0.15, 0.2) is 23.3 Å². The van der Waals surface area contributed by atoms with Gasteiger partial charge in [-0.15, -0.1) is 0 Å².